The number of rotatable bonds is 4. The molecule has 0 radical (unpaired) electrons. The van der Waals surface area contributed by atoms with Crippen molar-refractivity contribution in [2.75, 3.05) is 26.7 Å². The molecule has 0 saturated carbocycles. The third kappa shape index (κ3) is 3.52. The predicted octanol–water partition coefficient (Wildman–Crippen LogP) is 1.65. The fourth-order valence-corrected chi connectivity index (χ4v) is 2.76. The van der Waals surface area contributed by atoms with Gasteiger partial charge in [-0.3, -0.25) is 9.48 Å². The van der Waals surface area contributed by atoms with E-state index in [9.17, 15) is 4.79 Å². The Bertz CT molecular complexity index is 458. The van der Waals surface area contributed by atoms with Crippen LogP contribution in [0.4, 0.5) is 0 Å². The topological polar surface area (TPSA) is 50.2 Å². The van der Waals surface area contributed by atoms with Crippen LogP contribution in [0.3, 0.4) is 0 Å². The number of aromatic nitrogens is 2. The van der Waals surface area contributed by atoms with E-state index in [2.05, 4.69) is 24.3 Å². The number of aryl methyl sites for hydroxylation is 1. The summed E-state index contributed by atoms with van der Waals surface area (Å²) in [5.74, 6) is 1.03. The maximum absolute atomic E-state index is 12.4. The van der Waals surface area contributed by atoms with Gasteiger partial charge in [0, 0.05) is 25.8 Å². The molecule has 1 saturated heterocycles. The number of hydrogen-bond donors (Lipinski definition) is 1. The lowest BCUT2D eigenvalue weighted by atomic mass is 10.1. The van der Waals surface area contributed by atoms with Gasteiger partial charge in [-0.15, -0.1) is 12.4 Å². The van der Waals surface area contributed by atoms with Crippen molar-refractivity contribution in [2.24, 2.45) is 13.0 Å². The molecule has 1 aliphatic heterocycles. The summed E-state index contributed by atoms with van der Waals surface area (Å²) in [6, 6.07) is 1.93. The van der Waals surface area contributed by atoms with Crippen LogP contribution in [0.1, 0.15) is 42.4 Å². The minimum absolute atomic E-state index is 0. The second-order valence-corrected chi connectivity index (χ2v) is 5.70. The van der Waals surface area contributed by atoms with E-state index in [4.69, 9.17) is 0 Å². The molecule has 20 heavy (non-hydrogen) atoms. The zero-order valence-corrected chi connectivity index (χ0v) is 13.5. The summed E-state index contributed by atoms with van der Waals surface area (Å²) in [4.78, 5) is 14.3. The molecule has 0 bridgehead atoms. The van der Waals surface area contributed by atoms with Crippen LogP contribution in [0, 0.1) is 5.92 Å². The number of nitrogens with zero attached hydrogens (tertiary/aromatic N) is 3. The average Bonchev–Trinajstić information content (AvgIpc) is 2.95. The van der Waals surface area contributed by atoms with Gasteiger partial charge < -0.3 is 10.2 Å². The molecule has 114 valence electrons. The summed E-state index contributed by atoms with van der Waals surface area (Å²) in [7, 11) is 3.86. The molecule has 2 rings (SSSR count). The van der Waals surface area contributed by atoms with E-state index >= 15 is 0 Å². The Morgan fingerprint density at radius 2 is 2.25 bits per heavy atom. The molecule has 1 aromatic heterocycles. The van der Waals surface area contributed by atoms with Crippen LogP contribution in [-0.4, -0.2) is 47.3 Å². The Labute approximate surface area is 127 Å². The van der Waals surface area contributed by atoms with Crippen LogP contribution in [-0.2, 0) is 7.05 Å². The lowest BCUT2D eigenvalue weighted by Gasteiger charge is -2.14. The van der Waals surface area contributed by atoms with Gasteiger partial charge in [-0.1, -0.05) is 13.8 Å². The minimum Gasteiger partial charge on any atom is -0.337 e. The second-order valence-electron chi connectivity index (χ2n) is 5.70. The summed E-state index contributed by atoms with van der Waals surface area (Å²) in [6.07, 6.45) is 1.08. The van der Waals surface area contributed by atoms with Gasteiger partial charge >= 0.3 is 0 Å². The Morgan fingerprint density at radius 1 is 1.55 bits per heavy atom. The predicted molar refractivity (Wildman–Crippen MR) is 82.5 cm³/mol. The maximum Gasteiger partial charge on any atom is 0.274 e. The molecule has 5 nitrogen and oxygen atoms in total. The number of carbonyl (C=O) groups is 1. The summed E-state index contributed by atoms with van der Waals surface area (Å²) in [5.41, 5.74) is 1.69. The Hall–Kier alpha value is -1.07. The molecule has 1 fully saturated rings. The number of likely N-dealkylation sites (tertiary alicyclic amines) is 1. The van der Waals surface area contributed by atoms with Crippen LogP contribution in [0.5, 0.6) is 0 Å². The van der Waals surface area contributed by atoms with Crippen molar-refractivity contribution in [2.45, 2.75) is 26.2 Å². The van der Waals surface area contributed by atoms with Gasteiger partial charge in [0.1, 0.15) is 0 Å². The van der Waals surface area contributed by atoms with E-state index < -0.39 is 0 Å². The smallest absolute Gasteiger partial charge is 0.274 e. The monoisotopic (exact) mass is 300 g/mol. The van der Waals surface area contributed by atoms with E-state index in [0.717, 1.165) is 31.7 Å². The Kier molecular flexibility index (Phi) is 6.02. The highest BCUT2D eigenvalue weighted by Gasteiger charge is 2.28. The summed E-state index contributed by atoms with van der Waals surface area (Å²) in [5, 5.41) is 7.54. The average molecular weight is 301 g/mol. The number of halogens is 1. The van der Waals surface area contributed by atoms with Gasteiger partial charge in [0.15, 0.2) is 5.69 Å². The Balaban J connectivity index is 0.00000200. The quantitative estimate of drug-likeness (QED) is 0.920. The van der Waals surface area contributed by atoms with E-state index in [-0.39, 0.29) is 18.3 Å². The third-order valence-corrected chi connectivity index (χ3v) is 3.79. The molecule has 1 amide bonds. The van der Waals surface area contributed by atoms with Gasteiger partial charge in [-0.2, -0.15) is 5.10 Å². The molecule has 2 heterocycles. The first-order valence-electron chi connectivity index (χ1n) is 7.00. The second kappa shape index (κ2) is 7.09. The zero-order valence-electron chi connectivity index (χ0n) is 12.7. The minimum atomic E-state index is 0. The van der Waals surface area contributed by atoms with E-state index in [1.807, 2.05) is 29.7 Å². The fraction of sp³-hybridized carbons (Fsp3) is 0.714. The molecule has 1 aliphatic rings. The number of nitrogens with one attached hydrogen (secondary N) is 1. The highest BCUT2D eigenvalue weighted by molar-refractivity contribution is 5.92. The maximum atomic E-state index is 12.4. The van der Waals surface area contributed by atoms with Crippen LogP contribution in [0.2, 0.25) is 0 Å². The van der Waals surface area contributed by atoms with Crippen molar-refractivity contribution in [3.63, 3.8) is 0 Å². The summed E-state index contributed by atoms with van der Waals surface area (Å²) >= 11 is 0. The first-order valence-corrected chi connectivity index (χ1v) is 7.00. The van der Waals surface area contributed by atoms with Gasteiger partial charge in [-0.05, 0) is 37.9 Å². The Morgan fingerprint density at radius 3 is 2.80 bits per heavy atom. The number of amides is 1. The fourth-order valence-electron chi connectivity index (χ4n) is 2.76. The molecule has 6 heteroatoms. The van der Waals surface area contributed by atoms with Crippen LogP contribution < -0.4 is 5.32 Å². The van der Waals surface area contributed by atoms with Crippen LogP contribution >= 0.6 is 12.4 Å². The van der Waals surface area contributed by atoms with E-state index in [1.165, 1.54) is 0 Å². The molecule has 0 aromatic carbocycles. The lowest BCUT2D eigenvalue weighted by Crippen LogP contribution is -2.30. The molecule has 1 unspecified atom stereocenters. The molecule has 1 atom stereocenters. The molecular formula is C14H25ClN4O. The van der Waals surface area contributed by atoms with Crippen molar-refractivity contribution < 1.29 is 4.79 Å². The molecule has 1 N–H and O–H groups in total. The molecule has 0 spiro atoms. The van der Waals surface area contributed by atoms with Gasteiger partial charge in [-0.25, -0.2) is 0 Å². The summed E-state index contributed by atoms with van der Waals surface area (Å²) < 4.78 is 1.82. The largest absolute Gasteiger partial charge is 0.337 e. The third-order valence-electron chi connectivity index (χ3n) is 3.79. The van der Waals surface area contributed by atoms with Crippen molar-refractivity contribution in [3.05, 3.63) is 17.5 Å². The first-order chi connectivity index (χ1) is 9.02. The van der Waals surface area contributed by atoms with Crippen molar-refractivity contribution >= 4 is 18.3 Å². The van der Waals surface area contributed by atoms with Gasteiger partial charge in [0.2, 0.25) is 0 Å². The lowest BCUT2D eigenvalue weighted by molar-refractivity contribution is 0.0780. The van der Waals surface area contributed by atoms with Crippen molar-refractivity contribution in [1.82, 2.24) is 20.0 Å². The van der Waals surface area contributed by atoms with Crippen molar-refractivity contribution in [1.29, 1.82) is 0 Å². The first kappa shape index (κ1) is 17.0. The van der Waals surface area contributed by atoms with Crippen LogP contribution in [0.15, 0.2) is 6.07 Å². The van der Waals surface area contributed by atoms with E-state index in [0.29, 0.717) is 17.5 Å². The highest BCUT2D eigenvalue weighted by Crippen LogP contribution is 2.20. The molecule has 0 aliphatic carbocycles. The van der Waals surface area contributed by atoms with Crippen LogP contribution in [0.25, 0.3) is 0 Å². The highest BCUT2D eigenvalue weighted by atomic mass is 35.5. The van der Waals surface area contributed by atoms with Crippen molar-refractivity contribution in [3.8, 4) is 0 Å². The summed E-state index contributed by atoms with van der Waals surface area (Å²) in [6.45, 7) is 6.89. The molecule has 1 aromatic rings. The number of hydrogen-bond acceptors (Lipinski definition) is 3. The zero-order chi connectivity index (χ0) is 14.0. The standard InChI is InChI=1S/C14H24N4O.ClH/c1-10(2)13-7-12(16-17(13)4)14(19)18-6-5-11(9-18)8-15-3;/h7,10-11,15H,5-6,8-9H2,1-4H3;1H. The van der Waals surface area contributed by atoms with Gasteiger partial charge in [0.25, 0.3) is 5.91 Å². The van der Waals surface area contributed by atoms with E-state index in [1.54, 1.807) is 0 Å². The molecular weight excluding hydrogens is 276 g/mol. The van der Waals surface area contributed by atoms with Gasteiger partial charge in [0.05, 0.1) is 0 Å². The number of carbonyl (C=O) groups excluding carboxylic acids is 1. The SMILES string of the molecule is CNCC1CCN(C(=O)c2cc(C(C)C)n(C)n2)C1.Cl. The normalized spacial score (nSPS) is 18.4.